The first-order valence-electron chi connectivity index (χ1n) is 5.87. The van der Waals surface area contributed by atoms with Crippen LogP contribution in [0.4, 0.5) is 0 Å². The maximum absolute atomic E-state index is 12.1. The minimum absolute atomic E-state index is 0. The van der Waals surface area contributed by atoms with Gasteiger partial charge in [0, 0.05) is 25.2 Å². The van der Waals surface area contributed by atoms with Gasteiger partial charge >= 0.3 is 0 Å². The molecule has 0 aliphatic carbocycles. The quantitative estimate of drug-likeness (QED) is 0.926. The molecule has 1 aliphatic heterocycles. The largest absolute Gasteiger partial charge is 0.341 e. The molecule has 1 aliphatic rings. The molecule has 3 nitrogen and oxygen atoms in total. The summed E-state index contributed by atoms with van der Waals surface area (Å²) >= 11 is 5.83. The van der Waals surface area contributed by atoms with Crippen molar-refractivity contribution >= 4 is 29.9 Å². The average Bonchev–Trinajstić information content (AvgIpc) is 2.84. The summed E-state index contributed by atoms with van der Waals surface area (Å²) in [7, 11) is 1.86. The van der Waals surface area contributed by atoms with Crippen LogP contribution in [-0.2, 0) is 11.3 Å². The van der Waals surface area contributed by atoms with Gasteiger partial charge in [-0.2, -0.15) is 0 Å². The Morgan fingerprint density at radius 3 is 2.67 bits per heavy atom. The van der Waals surface area contributed by atoms with Crippen molar-refractivity contribution in [2.24, 2.45) is 5.92 Å². The van der Waals surface area contributed by atoms with Gasteiger partial charge in [-0.05, 0) is 30.7 Å². The van der Waals surface area contributed by atoms with Crippen LogP contribution < -0.4 is 5.32 Å². The number of nitrogens with zero attached hydrogens (tertiary/aromatic N) is 1. The molecule has 1 unspecified atom stereocenters. The summed E-state index contributed by atoms with van der Waals surface area (Å²) < 4.78 is 0. The number of hydrogen-bond acceptors (Lipinski definition) is 2. The Bertz CT molecular complexity index is 388. The molecule has 2 rings (SSSR count). The van der Waals surface area contributed by atoms with E-state index in [4.69, 9.17) is 11.6 Å². The molecule has 100 valence electrons. The van der Waals surface area contributed by atoms with E-state index in [0.29, 0.717) is 6.54 Å². The van der Waals surface area contributed by atoms with Gasteiger partial charge in [0.15, 0.2) is 0 Å². The monoisotopic (exact) mass is 288 g/mol. The normalized spacial score (nSPS) is 18.2. The van der Waals surface area contributed by atoms with E-state index in [-0.39, 0.29) is 24.2 Å². The molecule has 18 heavy (non-hydrogen) atoms. The van der Waals surface area contributed by atoms with Crippen LogP contribution in [0.15, 0.2) is 24.3 Å². The molecule has 1 aromatic rings. The van der Waals surface area contributed by atoms with Crippen LogP contribution in [0.1, 0.15) is 12.0 Å². The molecule has 1 aromatic carbocycles. The number of halogens is 2. The molecule has 1 saturated heterocycles. The van der Waals surface area contributed by atoms with E-state index in [0.717, 1.165) is 30.1 Å². The molecule has 0 aromatic heterocycles. The van der Waals surface area contributed by atoms with Gasteiger partial charge in [0.2, 0.25) is 5.91 Å². The molecule has 1 atom stereocenters. The van der Waals surface area contributed by atoms with Crippen LogP contribution in [0.25, 0.3) is 0 Å². The second-order valence-corrected chi connectivity index (χ2v) is 4.95. The van der Waals surface area contributed by atoms with Crippen molar-refractivity contribution in [3.8, 4) is 0 Å². The first-order chi connectivity index (χ1) is 8.16. The summed E-state index contributed by atoms with van der Waals surface area (Å²) in [6.07, 6.45) is 0.948. The number of amides is 1. The van der Waals surface area contributed by atoms with Gasteiger partial charge in [0.25, 0.3) is 0 Å². The summed E-state index contributed by atoms with van der Waals surface area (Å²) in [5.74, 6) is 0.372. The molecule has 0 radical (unpaired) electrons. The molecule has 1 heterocycles. The predicted molar refractivity (Wildman–Crippen MR) is 76.2 cm³/mol. The van der Waals surface area contributed by atoms with Crippen molar-refractivity contribution in [1.29, 1.82) is 0 Å². The second-order valence-electron chi connectivity index (χ2n) is 4.51. The lowest BCUT2D eigenvalue weighted by Crippen LogP contribution is -2.33. The number of hydrogen-bond donors (Lipinski definition) is 1. The van der Waals surface area contributed by atoms with Crippen molar-refractivity contribution in [3.63, 3.8) is 0 Å². The maximum Gasteiger partial charge on any atom is 0.227 e. The van der Waals surface area contributed by atoms with Gasteiger partial charge in [0.05, 0.1) is 5.92 Å². The highest BCUT2D eigenvalue weighted by molar-refractivity contribution is 6.30. The van der Waals surface area contributed by atoms with E-state index >= 15 is 0 Å². The third-order valence-corrected chi connectivity index (χ3v) is 3.37. The van der Waals surface area contributed by atoms with Crippen LogP contribution in [0, 0.1) is 5.92 Å². The molecule has 0 spiro atoms. The van der Waals surface area contributed by atoms with Crippen LogP contribution in [0.5, 0.6) is 0 Å². The van der Waals surface area contributed by atoms with E-state index < -0.39 is 0 Å². The van der Waals surface area contributed by atoms with Gasteiger partial charge < -0.3 is 10.2 Å². The zero-order chi connectivity index (χ0) is 12.3. The highest BCUT2D eigenvalue weighted by Gasteiger charge is 2.25. The second kappa shape index (κ2) is 6.98. The zero-order valence-electron chi connectivity index (χ0n) is 10.4. The lowest BCUT2D eigenvalue weighted by Gasteiger charge is -2.20. The zero-order valence-corrected chi connectivity index (χ0v) is 11.9. The maximum atomic E-state index is 12.1. The summed E-state index contributed by atoms with van der Waals surface area (Å²) in [6, 6.07) is 7.62. The number of rotatable bonds is 3. The summed E-state index contributed by atoms with van der Waals surface area (Å²) in [4.78, 5) is 13.9. The van der Waals surface area contributed by atoms with E-state index in [1.807, 2.05) is 31.3 Å². The summed E-state index contributed by atoms with van der Waals surface area (Å²) in [6.45, 7) is 2.40. The topological polar surface area (TPSA) is 32.3 Å². The molecule has 0 saturated carbocycles. The van der Waals surface area contributed by atoms with Gasteiger partial charge in [0.1, 0.15) is 0 Å². The van der Waals surface area contributed by atoms with Crippen LogP contribution >= 0.6 is 24.0 Å². The third-order valence-electron chi connectivity index (χ3n) is 3.12. The van der Waals surface area contributed by atoms with Crippen molar-refractivity contribution in [2.75, 3.05) is 20.1 Å². The van der Waals surface area contributed by atoms with Gasteiger partial charge in [-0.25, -0.2) is 0 Å². The van der Waals surface area contributed by atoms with Gasteiger partial charge in [-0.15, -0.1) is 12.4 Å². The highest BCUT2D eigenvalue weighted by Crippen LogP contribution is 2.14. The van der Waals surface area contributed by atoms with E-state index in [9.17, 15) is 4.79 Å². The smallest absolute Gasteiger partial charge is 0.227 e. The first-order valence-corrected chi connectivity index (χ1v) is 6.25. The third kappa shape index (κ3) is 3.87. The molecule has 5 heteroatoms. The Hall–Kier alpha value is -0.770. The van der Waals surface area contributed by atoms with E-state index in [1.165, 1.54) is 0 Å². The lowest BCUT2D eigenvalue weighted by atomic mass is 10.1. The molecule has 1 fully saturated rings. The fraction of sp³-hybridized carbons (Fsp3) is 0.462. The molecular weight excluding hydrogens is 271 g/mol. The SMILES string of the molecule is CN(Cc1ccc(Cl)cc1)C(=O)C1CCNC1.Cl. The van der Waals surface area contributed by atoms with Gasteiger partial charge in [-0.3, -0.25) is 4.79 Å². The Kier molecular flexibility index (Phi) is 5.93. The van der Waals surface area contributed by atoms with E-state index in [1.54, 1.807) is 4.90 Å². The highest BCUT2D eigenvalue weighted by atomic mass is 35.5. The average molecular weight is 289 g/mol. The van der Waals surface area contributed by atoms with Crippen molar-refractivity contribution < 1.29 is 4.79 Å². The number of benzene rings is 1. The Morgan fingerprint density at radius 2 is 2.11 bits per heavy atom. The Morgan fingerprint density at radius 1 is 1.44 bits per heavy atom. The minimum atomic E-state index is 0. The van der Waals surface area contributed by atoms with Crippen LogP contribution in [-0.4, -0.2) is 30.9 Å². The predicted octanol–water partition coefficient (Wildman–Crippen LogP) is 2.33. The fourth-order valence-electron chi connectivity index (χ4n) is 2.12. The fourth-order valence-corrected chi connectivity index (χ4v) is 2.24. The Balaban J connectivity index is 0.00000162. The lowest BCUT2D eigenvalue weighted by molar-refractivity contribution is -0.134. The molecular formula is C13H18Cl2N2O. The van der Waals surface area contributed by atoms with Crippen LogP contribution in [0.2, 0.25) is 5.02 Å². The summed E-state index contributed by atoms with van der Waals surface area (Å²) in [5, 5.41) is 3.94. The minimum Gasteiger partial charge on any atom is -0.341 e. The first kappa shape index (κ1) is 15.3. The number of carbonyl (C=O) groups excluding carboxylic acids is 1. The van der Waals surface area contributed by atoms with Crippen molar-refractivity contribution in [2.45, 2.75) is 13.0 Å². The molecule has 1 amide bonds. The Labute approximate surface area is 119 Å². The van der Waals surface area contributed by atoms with E-state index in [2.05, 4.69) is 5.32 Å². The standard InChI is InChI=1S/C13H17ClN2O.ClH/c1-16(13(17)11-6-7-15-8-11)9-10-2-4-12(14)5-3-10;/h2-5,11,15H,6-9H2,1H3;1H. The summed E-state index contributed by atoms with van der Waals surface area (Å²) in [5.41, 5.74) is 1.11. The van der Waals surface area contributed by atoms with Crippen molar-refractivity contribution in [1.82, 2.24) is 10.2 Å². The molecule has 1 N–H and O–H groups in total. The molecule has 0 bridgehead atoms. The van der Waals surface area contributed by atoms with Gasteiger partial charge in [-0.1, -0.05) is 23.7 Å². The van der Waals surface area contributed by atoms with Crippen LogP contribution in [0.3, 0.4) is 0 Å². The van der Waals surface area contributed by atoms with Crippen molar-refractivity contribution in [3.05, 3.63) is 34.9 Å². The number of carbonyl (C=O) groups is 1. The number of nitrogens with one attached hydrogen (secondary N) is 1.